The Hall–Kier alpha value is -1.62. The second kappa shape index (κ2) is 4.09. The number of nitro groups is 1. The van der Waals surface area contributed by atoms with Gasteiger partial charge in [0, 0.05) is 12.6 Å². The first kappa shape index (κ1) is 10.9. The Morgan fingerprint density at radius 3 is 2.94 bits per heavy atom. The predicted octanol–water partition coefficient (Wildman–Crippen LogP) is 3.01. The standard InChI is InChI=1S/C10H10ClN3O2/c1-2-5-13-6-12-10-8(13)4-3-7(9(10)11)14(15)16/h3-4,6H,2,5H2,1H3. The maximum absolute atomic E-state index is 10.7. The van der Waals surface area contributed by atoms with Gasteiger partial charge < -0.3 is 4.57 Å². The van der Waals surface area contributed by atoms with Crippen molar-refractivity contribution in [1.29, 1.82) is 0 Å². The topological polar surface area (TPSA) is 61.0 Å². The molecule has 0 spiro atoms. The largest absolute Gasteiger partial charge is 0.331 e. The number of nitrogens with zero attached hydrogens (tertiary/aromatic N) is 3. The van der Waals surface area contributed by atoms with Crippen LogP contribution in [0.5, 0.6) is 0 Å². The summed E-state index contributed by atoms with van der Waals surface area (Å²) in [5.41, 5.74) is 1.22. The fraction of sp³-hybridized carbons (Fsp3) is 0.300. The molecule has 16 heavy (non-hydrogen) atoms. The van der Waals surface area contributed by atoms with Gasteiger partial charge in [0.1, 0.15) is 10.5 Å². The van der Waals surface area contributed by atoms with Crippen molar-refractivity contribution >= 4 is 28.3 Å². The minimum atomic E-state index is -0.499. The number of benzene rings is 1. The summed E-state index contributed by atoms with van der Waals surface area (Å²) >= 11 is 5.93. The van der Waals surface area contributed by atoms with Gasteiger partial charge in [0.15, 0.2) is 0 Å². The molecule has 84 valence electrons. The van der Waals surface area contributed by atoms with Gasteiger partial charge in [0.25, 0.3) is 5.69 Å². The Bertz CT molecular complexity index is 550. The average molecular weight is 240 g/mol. The minimum Gasteiger partial charge on any atom is -0.331 e. The van der Waals surface area contributed by atoms with Crippen LogP contribution < -0.4 is 0 Å². The van der Waals surface area contributed by atoms with Crippen molar-refractivity contribution in [3.63, 3.8) is 0 Å². The SMILES string of the molecule is CCCn1cnc2c(Cl)c([N+](=O)[O-])ccc21. The zero-order valence-electron chi connectivity index (χ0n) is 8.68. The Morgan fingerprint density at radius 1 is 1.56 bits per heavy atom. The van der Waals surface area contributed by atoms with Gasteiger partial charge in [-0.05, 0) is 12.5 Å². The number of hydrogen-bond donors (Lipinski definition) is 0. The highest BCUT2D eigenvalue weighted by Crippen LogP contribution is 2.31. The Kier molecular flexibility index (Phi) is 2.78. The van der Waals surface area contributed by atoms with E-state index in [1.54, 1.807) is 12.4 Å². The number of aromatic nitrogens is 2. The van der Waals surface area contributed by atoms with Crippen LogP contribution in [0.15, 0.2) is 18.5 Å². The van der Waals surface area contributed by atoms with Gasteiger partial charge in [-0.3, -0.25) is 10.1 Å². The Balaban J connectivity index is 2.64. The van der Waals surface area contributed by atoms with Crippen LogP contribution in [0.4, 0.5) is 5.69 Å². The van der Waals surface area contributed by atoms with Crippen molar-refractivity contribution < 1.29 is 4.92 Å². The smallest absolute Gasteiger partial charge is 0.290 e. The van der Waals surface area contributed by atoms with Gasteiger partial charge in [-0.25, -0.2) is 4.98 Å². The molecule has 2 rings (SSSR count). The summed E-state index contributed by atoms with van der Waals surface area (Å²) in [6.07, 6.45) is 2.63. The maximum atomic E-state index is 10.7. The lowest BCUT2D eigenvalue weighted by molar-refractivity contribution is -0.384. The number of hydrogen-bond acceptors (Lipinski definition) is 3. The molecule has 0 N–H and O–H groups in total. The van der Waals surface area contributed by atoms with E-state index in [2.05, 4.69) is 11.9 Å². The van der Waals surface area contributed by atoms with E-state index < -0.39 is 4.92 Å². The molecule has 1 aromatic heterocycles. The third-order valence-electron chi connectivity index (χ3n) is 2.37. The summed E-state index contributed by atoms with van der Waals surface area (Å²) in [4.78, 5) is 14.3. The van der Waals surface area contributed by atoms with Crippen LogP contribution in [0.2, 0.25) is 5.02 Å². The molecule has 0 saturated carbocycles. The van der Waals surface area contributed by atoms with Crippen LogP contribution in [0.25, 0.3) is 11.0 Å². The second-order valence-corrected chi connectivity index (χ2v) is 3.84. The summed E-state index contributed by atoms with van der Waals surface area (Å²) in [6.45, 7) is 2.88. The first-order valence-corrected chi connectivity index (χ1v) is 5.30. The number of rotatable bonds is 3. The molecule has 1 heterocycles. The highest BCUT2D eigenvalue weighted by Gasteiger charge is 2.17. The van der Waals surface area contributed by atoms with Crippen LogP contribution in [0.1, 0.15) is 13.3 Å². The van der Waals surface area contributed by atoms with Crippen molar-refractivity contribution in [1.82, 2.24) is 9.55 Å². The van der Waals surface area contributed by atoms with E-state index in [1.165, 1.54) is 6.07 Å². The van der Waals surface area contributed by atoms with Crippen LogP contribution >= 0.6 is 11.6 Å². The normalized spacial score (nSPS) is 10.9. The van der Waals surface area contributed by atoms with Gasteiger partial charge in [-0.1, -0.05) is 18.5 Å². The van der Waals surface area contributed by atoms with Crippen molar-refractivity contribution in [3.05, 3.63) is 33.6 Å². The van der Waals surface area contributed by atoms with E-state index >= 15 is 0 Å². The predicted molar refractivity (Wildman–Crippen MR) is 61.7 cm³/mol. The fourth-order valence-electron chi connectivity index (χ4n) is 1.65. The molecule has 0 fully saturated rings. The number of halogens is 1. The van der Waals surface area contributed by atoms with Gasteiger partial charge in [-0.2, -0.15) is 0 Å². The zero-order chi connectivity index (χ0) is 11.7. The van der Waals surface area contributed by atoms with E-state index in [0.29, 0.717) is 5.52 Å². The molecule has 0 unspecified atom stereocenters. The summed E-state index contributed by atoms with van der Waals surface area (Å²) in [5, 5.41) is 10.8. The maximum Gasteiger partial charge on any atom is 0.290 e. The summed E-state index contributed by atoms with van der Waals surface area (Å²) in [6, 6.07) is 3.10. The molecule has 0 radical (unpaired) electrons. The molecular weight excluding hydrogens is 230 g/mol. The third kappa shape index (κ3) is 1.63. The quantitative estimate of drug-likeness (QED) is 0.611. The third-order valence-corrected chi connectivity index (χ3v) is 2.74. The Labute approximate surface area is 96.8 Å². The molecule has 0 aliphatic heterocycles. The highest BCUT2D eigenvalue weighted by atomic mass is 35.5. The van der Waals surface area contributed by atoms with Crippen LogP contribution in [-0.2, 0) is 6.54 Å². The summed E-state index contributed by atoms with van der Waals surface area (Å²) in [5.74, 6) is 0. The molecule has 0 atom stereocenters. The minimum absolute atomic E-state index is 0.101. The van der Waals surface area contributed by atoms with Gasteiger partial charge in [0.05, 0.1) is 16.8 Å². The van der Waals surface area contributed by atoms with E-state index in [-0.39, 0.29) is 10.7 Å². The Morgan fingerprint density at radius 2 is 2.31 bits per heavy atom. The molecule has 0 aliphatic rings. The van der Waals surface area contributed by atoms with Gasteiger partial charge in [-0.15, -0.1) is 0 Å². The molecule has 5 nitrogen and oxygen atoms in total. The molecule has 1 aromatic carbocycles. The number of nitro benzene ring substituents is 1. The van der Waals surface area contributed by atoms with E-state index in [0.717, 1.165) is 18.5 Å². The molecule has 2 aromatic rings. The van der Waals surface area contributed by atoms with Crippen molar-refractivity contribution in [2.24, 2.45) is 0 Å². The summed E-state index contributed by atoms with van der Waals surface area (Å²) < 4.78 is 1.94. The second-order valence-electron chi connectivity index (χ2n) is 3.46. The fourth-order valence-corrected chi connectivity index (χ4v) is 1.93. The monoisotopic (exact) mass is 239 g/mol. The van der Waals surface area contributed by atoms with E-state index in [4.69, 9.17) is 11.6 Å². The first-order valence-electron chi connectivity index (χ1n) is 4.93. The summed E-state index contributed by atoms with van der Waals surface area (Å²) in [7, 11) is 0. The van der Waals surface area contributed by atoms with Gasteiger partial charge >= 0.3 is 0 Å². The molecule has 0 saturated heterocycles. The molecule has 0 aliphatic carbocycles. The number of fused-ring (bicyclic) bond motifs is 1. The molecule has 0 amide bonds. The van der Waals surface area contributed by atoms with E-state index in [9.17, 15) is 10.1 Å². The van der Waals surface area contributed by atoms with Crippen molar-refractivity contribution in [2.45, 2.75) is 19.9 Å². The zero-order valence-corrected chi connectivity index (χ0v) is 9.44. The van der Waals surface area contributed by atoms with Crippen LogP contribution in [0, 0.1) is 10.1 Å². The lowest BCUT2D eigenvalue weighted by Crippen LogP contribution is -1.94. The lowest BCUT2D eigenvalue weighted by atomic mass is 10.2. The molecular formula is C10H10ClN3O2. The average Bonchev–Trinajstić information content (AvgIpc) is 2.63. The van der Waals surface area contributed by atoms with Crippen LogP contribution in [-0.4, -0.2) is 14.5 Å². The number of imidazole rings is 1. The molecule has 0 bridgehead atoms. The lowest BCUT2D eigenvalue weighted by Gasteiger charge is -2.01. The number of aryl methyl sites for hydroxylation is 1. The van der Waals surface area contributed by atoms with E-state index in [1.807, 2.05) is 4.57 Å². The van der Waals surface area contributed by atoms with Crippen LogP contribution in [0.3, 0.4) is 0 Å². The highest BCUT2D eigenvalue weighted by molar-refractivity contribution is 6.37. The van der Waals surface area contributed by atoms with Crippen molar-refractivity contribution in [3.8, 4) is 0 Å². The van der Waals surface area contributed by atoms with Crippen molar-refractivity contribution in [2.75, 3.05) is 0 Å². The van der Waals surface area contributed by atoms with Gasteiger partial charge in [0.2, 0.25) is 0 Å². The molecule has 6 heteroatoms. The first-order chi connectivity index (χ1) is 7.65.